The zero-order chi connectivity index (χ0) is 13.7. The van der Waals surface area contributed by atoms with Crippen molar-refractivity contribution in [2.75, 3.05) is 26.1 Å². The van der Waals surface area contributed by atoms with Crippen molar-refractivity contribution in [2.45, 2.75) is 6.10 Å². The van der Waals surface area contributed by atoms with Crippen molar-refractivity contribution in [3.63, 3.8) is 0 Å². The van der Waals surface area contributed by atoms with Gasteiger partial charge in [-0.15, -0.1) is 0 Å². The number of rotatable bonds is 6. The fraction of sp³-hybridized carbons (Fsp3) is 0.286. The Labute approximate surface area is 111 Å². The van der Waals surface area contributed by atoms with Crippen LogP contribution in [0, 0.1) is 0 Å². The van der Waals surface area contributed by atoms with E-state index in [1.165, 1.54) is 6.26 Å². The topological polar surface area (TPSA) is 63.9 Å². The number of hydrogen-bond donors (Lipinski definition) is 2. The number of hydrogen-bond acceptors (Lipinski definition) is 5. The Hall–Kier alpha value is -2.14. The van der Waals surface area contributed by atoms with Gasteiger partial charge in [-0.3, -0.25) is 0 Å². The third kappa shape index (κ3) is 3.42. The fourth-order valence-corrected chi connectivity index (χ4v) is 1.71. The molecule has 0 aliphatic rings. The molecule has 1 aromatic carbocycles. The predicted octanol–water partition coefficient (Wildman–Crippen LogP) is 2.44. The molecule has 0 fully saturated rings. The molecule has 0 radical (unpaired) electrons. The maximum absolute atomic E-state index is 9.90. The molecular weight excluding hydrogens is 246 g/mol. The van der Waals surface area contributed by atoms with E-state index in [0.29, 0.717) is 23.8 Å². The van der Waals surface area contributed by atoms with Gasteiger partial charge in [-0.05, 0) is 12.1 Å². The van der Waals surface area contributed by atoms with Gasteiger partial charge in [0, 0.05) is 30.4 Å². The van der Waals surface area contributed by atoms with E-state index in [9.17, 15) is 5.11 Å². The second kappa shape index (κ2) is 6.15. The number of nitrogens with one attached hydrogen (secondary N) is 1. The molecule has 0 bridgehead atoms. The van der Waals surface area contributed by atoms with Gasteiger partial charge < -0.3 is 24.3 Å². The summed E-state index contributed by atoms with van der Waals surface area (Å²) in [7, 11) is 3.19. The molecule has 0 saturated heterocycles. The molecule has 1 unspecified atom stereocenters. The maximum Gasteiger partial charge on any atom is 0.134 e. The Morgan fingerprint density at radius 2 is 1.89 bits per heavy atom. The number of aliphatic hydroxyl groups excluding tert-OH is 1. The molecule has 102 valence electrons. The van der Waals surface area contributed by atoms with Gasteiger partial charge in [0.05, 0.1) is 20.5 Å². The zero-order valence-electron chi connectivity index (χ0n) is 10.9. The quantitative estimate of drug-likeness (QED) is 0.838. The molecule has 0 aliphatic carbocycles. The van der Waals surface area contributed by atoms with Crippen molar-refractivity contribution < 1.29 is 19.0 Å². The lowest BCUT2D eigenvalue weighted by molar-refractivity contribution is 0.162. The second-order valence-corrected chi connectivity index (χ2v) is 4.01. The normalized spacial score (nSPS) is 11.9. The minimum atomic E-state index is -0.702. The number of furan rings is 1. The average molecular weight is 263 g/mol. The minimum Gasteiger partial charge on any atom is -0.497 e. The molecule has 2 N–H and O–H groups in total. The zero-order valence-corrected chi connectivity index (χ0v) is 10.9. The van der Waals surface area contributed by atoms with E-state index in [1.54, 1.807) is 32.4 Å². The molecule has 1 aromatic heterocycles. The summed E-state index contributed by atoms with van der Waals surface area (Å²) < 4.78 is 15.5. The number of benzene rings is 1. The molecule has 2 aromatic rings. The molecule has 5 nitrogen and oxygen atoms in total. The number of methoxy groups -OCH3 is 2. The summed E-state index contributed by atoms with van der Waals surface area (Å²) in [4.78, 5) is 0. The molecule has 19 heavy (non-hydrogen) atoms. The third-order valence-corrected chi connectivity index (χ3v) is 2.72. The van der Waals surface area contributed by atoms with Gasteiger partial charge in [-0.1, -0.05) is 0 Å². The Bertz CT molecular complexity index is 488. The van der Waals surface area contributed by atoms with Crippen LogP contribution in [0.2, 0.25) is 0 Å². The van der Waals surface area contributed by atoms with E-state index < -0.39 is 6.10 Å². The first-order valence-electron chi connectivity index (χ1n) is 5.91. The van der Waals surface area contributed by atoms with Crippen LogP contribution in [0.4, 0.5) is 5.69 Å². The van der Waals surface area contributed by atoms with E-state index in [-0.39, 0.29) is 0 Å². The van der Waals surface area contributed by atoms with Crippen molar-refractivity contribution in [1.82, 2.24) is 0 Å². The van der Waals surface area contributed by atoms with E-state index in [4.69, 9.17) is 13.9 Å². The van der Waals surface area contributed by atoms with Gasteiger partial charge in [0.25, 0.3) is 0 Å². The highest BCUT2D eigenvalue weighted by Gasteiger charge is 2.10. The molecule has 0 saturated carbocycles. The highest BCUT2D eigenvalue weighted by molar-refractivity contribution is 5.53. The third-order valence-electron chi connectivity index (χ3n) is 2.72. The monoisotopic (exact) mass is 263 g/mol. The molecule has 0 aliphatic heterocycles. The number of ether oxygens (including phenoxy) is 2. The summed E-state index contributed by atoms with van der Waals surface area (Å²) in [5.74, 6) is 1.91. The van der Waals surface area contributed by atoms with Crippen LogP contribution in [0.5, 0.6) is 11.5 Å². The van der Waals surface area contributed by atoms with E-state index >= 15 is 0 Å². The van der Waals surface area contributed by atoms with Gasteiger partial charge >= 0.3 is 0 Å². The van der Waals surface area contributed by atoms with Crippen molar-refractivity contribution in [2.24, 2.45) is 0 Å². The first kappa shape index (κ1) is 13.3. The van der Waals surface area contributed by atoms with Gasteiger partial charge in [0.2, 0.25) is 0 Å². The summed E-state index contributed by atoms with van der Waals surface area (Å²) in [6.07, 6.45) is 0.833. The van der Waals surface area contributed by atoms with E-state index in [0.717, 1.165) is 5.69 Å². The van der Waals surface area contributed by atoms with Crippen molar-refractivity contribution >= 4 is 5.69 Å². The fourth-order valence-electron chi connectivity index (χ4n) is 1.71. The highest BCUT2D eigenvalue weighted by Crippen LogP contribution is 2.26. The summed E-state index contributed by atoms with van der Waals surface area (Å²) in [5, 5.41) is 13.0. The Balaban J connectivity index is 2.02. The molecule has 0 amide bonds. The van der Waals surface area contributed by atoms with Gasteiger partial charge in [0.15, 0.2) is 0 Å². The van der Waals surface area contributed by atoms with Gasteiger partial charge in [-0.2, -0.15) is 0 Å². The molecule has 5 heteroatoms. The van der Waals surface area contributed by atoms with Crippen molar-refractivity contribution in [3.05, 3.63) is 42.4 Å². The summed E-state index contributed by atoms with van der Waals surface area (Å²) in [5.41, 5.74) is 0.807. The Morgan fingerprint density at radius 3 is 2.42 bits per heavy atom. The van der Waals surface area contributed by atoms with Crippen LogP contribution < -0.4 is 14.8 Å². The van der Waals surface area contributed by atoms with Gasteiger partial charge in [-0.25, -0.2) is 0 Å². The molecule has 0 spiro atoms. The molecule has 2 rings (SSSR count). The van der Waals surface area contributed by atoms with Crippen LogP contribution in [0.25, 0.3) is 0 Å². The lowest BCUT2D eigenvalue weighted by Gasteiger charge is -2.13. The SMILES string of the molecule is COc1cc(NCC(O)c2ccco2)cc(OC)c1. The lowest BCUT2D eigenvalue weighted by Crippen LogP contribution is -2.11. The van der Waals surface area contributed by atoms with Crippen LogP contribution in [-0.2, 0) is 0 Å². The average Bonchev–Trinajstić information content (AvgIpc) is 2.98. The van der Waals surface area contributed by atoms with Crippen LogP contribution in [0.1, 0.15) is 11.9 Å². The van der Waals surface area contributed by atoms with Crippen LogP contribution in [-0.4, -0.2) is 25.9 Å². The van der Waals surface area contributed by atoms with Crippen molar-refractivity contribution in [3.8, 4) is 11.5 Å². The Morgan fingerprint density at radius 1 is 1.21 bits per heavy atom. The second-order valence-electron chi connectivity index (χ2n) is 4.01. The van der Waals surface area contributed by atoms with Crippen molar-refractivity contribution in [1.29, 1.82) is 0 Å². The smallest absolute Gasteiger partial charge is 0.134 e. The number of aliphatic hydroxyl groups is 1. The molecule has 1 atom stereocenters. The summed E-state index contributed by atoms with van der Waals surface area (Å²) in [6, 6.07) is 8.93. The van der Waals surface area contributed by atoms with Crippen LogP contribution in [0.15, 0.2) is 41.0 Å². The standard InChI is InChI=1S/C14H17NO4/c1-17-11-6-10(7-12(8-11)18-2)15-9-13(16)14-4-3-5-19-14/h3-8,13,15-16H,9H2,1-2H3. The highest BCUT2D eigenvalue weighted by atomic mass is 16.5. The predicted molar refractivity (Wildman–Crippen MR) is 71.7 cm³/mol. The van der Waals surface area contributed by atoms with E-state index in [2.05, 4.69) is 5.32 Å². The molecular formula is C14H17NO4. The molecule has 1 heterocycles. The summed E-state index contributed by atoms with van der Waals surface area (Å²) >= 11 is 0. The lowest BCUT2D eigenvalue weighted by atomic mass is 10.2. The Kier molecular flexibility index (Phi) is 4.30. The first-order chi connectivity index (χ1) is 9.22. The first-order valence-corrected chi connectivity index (χ1v) is 5.91. The van der Waals surface area contributed by atoms with Gasteiger partial charge in [0.1, 0.15) is 23.4 Å². The summed E-state index contributed by atoms with van der Waals surface area (Å²) in [6.45, 7) is 0.337. The number of anilines is 1. The van der Waals surface area contributed by atoms with Crippen LogP contribution in [0.3, 0.4) is 0 Å². The van der Waals surface area contributed by atoms with E-state index in [1.807, 2.05) is 12.1 Å². The largest absolute Gasteiger partial charge is 0.497 e. The minimum absolute atomic E-state index is 0.337. The van der Waals surface area contributed by atoms with Crippen LogP contribution >= 0.6 is 0 Å². The maximum atomic E-state index is 9.90.